The summed E-state index contributed by atoms with van der Waals surface area (Å²) < 4.78 is 13.1. The first-order valence-corrected chi connectivity index (χ1v) is 11.3. The summed E-state index contributed by atoms with van der Waals surface area (Å²) in [5.41, 5.74) is 3.47. The number of benzene rings is 1. The van der Waals surface area contributed by atoms with Gasteiger partial charge in [-0.2, -0.15) is 0 Å². The van der Waals surface area contributed by atoms with Gasteiger partial charge < -0.3 is 23.7 Å². The summed E-state index contributed by atoms with van der Waals surface area (Å²) in [6.07, 6.45) is 3.62. The predicted molar refractivity (Wildman–Crippen MR) is 124 cm³/mol. The van der Waals surface area contributed by atoms with Crippen LogP contribution >= 0.6 is 0 Å². The van der Waals surface area contributed by atoms with Crippen LogP contribution in [0.15, 0.2) is 48.8 Å². The van der Waals surface area contributed by atoms with Crippen LogP contribution in [0.5, 0.6) is 5.75 Å². The lowest BCUT2D eigenvalue weighted by Crippen LogP contribution is -2.50. The van der Waals surface area contributed by atoms with E-state index in [1.54, 1.807) is 34.1 Å². The molecule has 4 rings (SSSR count). The molecule has 0 unspecified atom stereocenters. The van der Waals surface area contributed by atoms with E-state index < -0.39 is 0 Å². The third-order valence-corrected chi connectivity index (χ3v) is 5.58. The van der Waals surface area contributed by atoms with E-state index in [2.05, 4.69) is 4.98 Å². The number of aromatic nitrogens is 2. The van der Waals surface area contributed by atoms with Crippen LogP contribution < -0.4 is 4.74 Å². The predicted octanol–water partition coefficient (Wildman–Crippen LogP) is 3.77. The molecule has 33 heavy (non-hydrogen) atoms. The number of carbonyl (C=O) groups excluding carboxylic acids is 2. The standard InChI is InChI=1S/C25H30N4O4/c1-18(2)16-33-25(31)28-13-11-27(12-14-28)24(30)20-6-8-22(9-7-20)32-17-21-15-29-10-4-5-19(3)23(29)26-21/h4-10,15,18H,11-14,16-17H2,1-3H3. The number of nitrogens with zero attached hydrogens (tertiary/aromatic N) is 4. The molecule has 3 heterocycles. The average Bonchev–Trinajstić information content (AvgIpc) is 3.26. The minimum atomic E-state index is -0.307. The Morgan fingerprint density at radius 2 is 1.73 bits per heavy atom. The lowest BCUT2D eigenvalue weighted by Gasteiger charge is -2.34. The van der Waals surface area contributed by atoms with Crippen LogP contribution in [0.1, 0.15) is 35.5 Å². The highest BCUT2D eigenvalue weighted by Gasteiger charge is 2.25. The van der Waals surface area contributed by atoms with Crippen molar-refractivity contribution >= 4 is 17.6 Å². The van der Waals surface area contributed by atoms with E-state index in [9.17, 15) is 9.59 Å². The topological polar surface area (TPSA) is 76.4 Å². The maximum absolute atomic E-state index is 12.9. The number of rotatable bonds is 6. The van der Waals surface area contributed by atoms with Crippen molar-refractivity contribution in [2.75, 3.05) is 32.8 Å². The lowest BCUT2D eigenvalue weighted by molar-refractivity contribution is 0.0535. The third-order valence-electron chi connectivity index (χ3n) is 5.58. The quantitative estimate of drug-likeness (QED) is 0.571. The van der Waals surface area contributed by atoms with Crippen LogP contribution in [0.25, 0.3) is 5.65 Å². The Labute approximate surface area is 193 Å². The van der Waals surface area contributed by atoms with Crippen molar-refractivity contribution in [1.29, 1.82) is 0 Å². The van der Waals surface area contributed by atoms with Crippen LogP contribution in [0.4, 0.5) is 4.79 Å². The van der Waals surface area contributed by atoms with E-state index in [0.717, 1.165) is 16.9 Å². The SMILES string of the molecule is Cc1cccn2cc(COc3ccc(C(=O)N4CCN(C(=O)OCC(C)C)CC4)cc3)nc12. The fourth-order valence-electron chi connectivity index (χ4n) is 3.73. The van der Waals surface area contributed by atoms with E-state index in [0.29, 0.717) is 56.6 Å². The zero-order valence-electron chi connectivity index (χ0n) is 19.4. The smallest absolute Gasteiger partial charge is 0.409 e. The zero-order chi connectivity index (χ0) is 23.4. The molecule has 2 amide bonds. The second-order valence-electron chi connectivity index (χ2n) is 8.72. The highest BCUT2D eigenvalue weighted by atomic mass is 16.6. The van der Waals surface area contributed by atoms with Gasteiger partial charge in [0.2, 0.25) is 0 Å². The Morgan fingerprint density at radius 3 is 2.39 bits per heavy atom. The minimum absolute atomic E-state index is 0.0485. The second kappa shape index (κ2) is 9.94. The van der Waals surface area contributed by atoms with Gasteiger partial charge >= 0.3 is 6.09 Å². The van der Waals surface area contributed by atoms with Crippen LogP contribution in [0, 0.1) is 12.8 Å². The number of ether oxygens (including phenoxy) is 2. The first kappa shape index (κ1) is 22.6. The summed E-state index contributed by atoms with van der Waals surface area (Å²) in [6, 6.07) is 11.2. The average molecular weight is 451 g/mol. The Balaban J connectivity index is 1.28. The van der Waals surface area contributed by atoms with Gasteiger partial charge in [-0.3, -0.25) is 4.79 Å². The normalized spacial score (nSPS) is 14.1. The molecule has 1 aliphatic heterocycles. The molecule has 174 valence electrons. The van der Waals surface area contributed by atoms with Gasteiger partial charge in [-0.25, -0.2) is 9.78 Å². The number of aryl methyl sites for hydroxylation is 1. The molecular formula is C25H30N4O4. The Bertz CT molecular complexity index is 1120. The highest BCUT2D eigenvalue weighted by molar-refractivity contribution is 5.94. The number of amides is 2. The number of carbonyl (C=O) groups is 2. The van der Waals surface area contributed by atoms with E-state index >= 15 is 0 Å². The molecule has 0 bridgehead atoms. The maximum atomic E-state index is 12.9. The van der Waals surface area contributed by atoms with Crippen LogP contribution in [0.3, 0.4) is 0 Å². The van der Waals surface area contributed by atoms with Gasteiger partial charge in [-0.05, 0) is 48.7 Å². The number of imidazole rings is 1. The van der Waals surface area contributed by atoms with Gasteiger partial charge in [0.15, 0.2) is 0 Å². The lowest BCUT2D eigenvalue weighted by atomic mass is 10.1. The fourth-order valence-corrected chi connectivity index (χ4v) is 3.73. The summed E-state index contributed by atoms with van der Waals surface area (Å²) in [4.78, 5) is 33.0. The van der Waals surface area contributed by atoms with Gasteiger partial charge in [0.25, 0.3) is 5.91 Å². The van der Waals surface area contributed by atoms with Gasteiger partial charge in [-0.1, -0.05) is 19.9 Å². The molecule has 1 aromatic carbocycles. The van der Waals surface area contributed by atoms with Crippen molar-refractivity contribution in [2.45, 2.75) is 27.4 Å². The van der Waals surface area contributed by atoms with Crippen molar-refractivity contribution in [3.8, 4) is 5.75 Å². The van der Waals surface area contributed by atoms with Gasteiger partial charge in [0.1, 0.15) is 18.0 Å². The van der Waals surface area contributed by atoms with E-state index in [1.165, 1.54) is 0 Å². The largest absolute Gasteiger partial charge is 0.487 e. The maximum Gasteiger partial charge on any atom is 0.409 e. The van der Waals surface area contributed by atoms with E-state index in [1.807, 2.05) is 49.7 Å². The molecule has 0 spiro atoms. The molecule has 0 saturated carbocycles. The van der Waals surface area contributed by atoms with Crippen molar-refractivity contribution < 1.29 is 19.1 Å². The summed E-state index contributed by atoms with van der Waals surface area (Å²) in [5, 5.41) is 0. The summed E-state index contributed by atoms with van der Waals surface area (Å²) in [7, 11) is 0. The van der Waals surface area contributed by atoms with Gasteiger partial charge in [0.05, 0.1) is 12.3 Å². The molecule has 1 fully saturated rings. The molecule has 8 heteroatoms. The van der Waals surface area contributed by atoms with Crippen molar-refractivity contribution in [1.82, 2.24) is 19.2 Å². The molecule has 1 aliphatic rings. The fraction of sp³-hybridized carbons (Fsp3) is 0.400. The monoisotopic (exact) mass is 450 g/mol. The van der Waals surface area contributed by atoms with Crippen molar-refractivity contribution in [3.63, 3.8) is 0 Å². The Morgan fingerprint density at radius 1 is 1.03 bits per heavy atom. The van der Waals surface area contributed by atoms with Crippen molar-refractivity contribution in [3.05, 3.63) is 65.6 Å². The van der Waals surface area contributed by atoms with Crippen molar-refractivity contribution in [2.24, 2.45) is 5.92 Å². The molecule has 1 saturated heterocycles. The number of fused-ring (bicyclic) bond motifs is 1. The number of piperazine rings is 1. The van der Waals surface area contributed by atoms with E-state index in [4.69, 9.17) is 9.47 Å². The molecular weight excluding hydrogens is 420 g/mol. The van der Waals surface area contributed by atoms with Gasteiger partial charge in [-0.15, -0.1) is 0 Å². The molecule has 0 aliphatic carbocycles. The van der Waals surface area contributed by atoms with Crippen LogP contribution in [-0.2, 0) is 11.3 Å². The molecule has 0 radical (unpaired) electrons. The summed E-state index contributed by atoms with van der Waals surface area (Å²) in [6.45, 7) is 8.71. The summed E-state index contributed by atoms with van der Waals surface area (Å²) >= 11 is 0. The molecule has 8 nitrogen and oxygen atoms in total. The molecule has 0 atom stereocenters. The van der Waals surface area contributed by atoms with Crippen LogP contribution in [-0.4, -0.2) is 64.0 Å². The van der Waals surface area contributed by atoms with Crippen LogP contribution in [0.2, 0.25) is 0 Å². The van der Waals surface area contributed by atoms with Gasteiger partial charge in [0, 0.05) is 44.1 Å². The second-order valence-corrected chi connectivity index (χ2v) is 8.72. The molecule has 2 aromatic heterocycles. The third kappa shape index (κ3) is 5.45. The summed E-state index contributed by atoms with van der Waals surface area (Å²) in [5.74, 6) is 0.929. The number of hydrogen-bond acceptors (Lipinski definition) is 5. The molecule has 3 aromatic rings. The first-order chi connectivity index (χ1) is 15.9. The Hall–Kier alpha value is -3.55. The highest BCUT2D eigenvalue weighted by Crippen LogP contribution is 2.17. The minimum Gasteiger partial charge on any atom is -0.487 e. The van der Waals surface area contributed by atoms with E-state index in [-0.39, 0.29) is 12.0 Å². The number of hydrogen-bond donors (Lipinski definition) is 0. The zero-order valence-corrected chi connectivity index (χ0v) is 19.4. The Kier molecular flexibility index (Phi) is 6.82. The number of pyridine rings is 1. The molecule has 0 N–H and O–H groups in total. The first-order valence-electron chi connectivity index (χ1n) is 11.3.